The van der Waals surface area contributed by atoms with Crippen LogP contribution in [0.2, 0.25) is 0 Å². The minimum absolute atomic E-state index is 0.0806. The van der Waals surface area contributed by atoms with E-state index >= 15 is 0 Å². The number of benzene rings is 1. The average molecular weight is 410 g/mol. The maximum atomic E-state index is 12.5. The van der Waals surface area contributed by atoms with Crippen molar-refractivity contribution in [2.45, 2.75) is 73.0 Å². The molecule has 0 aromatic heterocycles. The smallest absolute Gasteiger partial charge is 0.313 e. The van der Waals surface area contributed by atoms with Gasteiger partial charge < -0.3 is 10.1 Å². The Balaban J connectivity index is 2.09. The zero-order valence-electron chi connectivity index (χ0n) is 19.2. The van der Waals surface area contributed by atoms with Crippen LogP contribution in [0.25, 0.3) is 0 Å². The normalized spacial score (nSPS) is 15.0. The number of allylic oxidation sites excluding steroid dienone is 4. The number of nitrogens with one attached hydrogen (secondary N) is 1. The summed E-state index contributed by atoms with van der Waals surface area (Å²) in [4.78, 5) is 24.6. The summed E-state index contributed by atoms with van der Waals surface area (Å²) < 4.78 is 5.66. The van der Waals surface area contributed by atoms with Gasteiger partial charge in [-0.3, -0.25) is 9.59 Å². The monoisotopic (exact) mass is 409 g/mol. The second kappa shape index (κ2) is 10.4. The van der Waals surface area contributed by atoms with E-state index in [1.165, 1.54) is 0 Å². The molecule has 0 spiro atoms. The second-order valence-corrected chi connectivity index (χ2v) is 8.48. The van der Waals surface area contributed by atoms with Gasteiger partial charge >= 0.3 is 5.97 Å². The van der Waals surface area contributed by atoms with Gasteiger partial charge in [0.25, 0.3) is 0 Å². The van der Waals surface area contributed by atoms with Gasteiger partial charge in [0.05, 0.1) is 5.92 Å². The molecule has 1 aromatic carbocycles. The molecule has 0 saturated carbocycles. The lowest BCUT2D eigenvalue weighted by atomic mass is 9.97. The van der Waals surface area contributed by atoms with Crippen LogP contribution in [0.15, 0.2) is 53.8 Å². The Morgan fingerprint density at radius 3 is 2.57 bits per heavy atom. The molecule has 0 aliphatic heterocycles. The van der Waals surface area contributed by atoms with Crippen molar-refractivity contribution in [3.05, 3.63) is 70.5 Å². The lowest BCUT2D eigenvalue weighted by Gasteiger charge is -2.26. The van der Waals surface area contributed by atoms with Crippen LogP contribution >= 0.6 is 0 Å². The summed E-state index contributed by atoms with van der Waals surface area (Å²) in [5.74, 6) is -0.396. The van der Waals surface area contributed by atoms with Crippen molar-refractivity contribution in [2.75, 3.05) is 0 Å². The summed E-state index contributed by atoms with van der Waals surface area (Å²) in [7, 11) is 0. The van der Waals surface area contributed by atoms with E-state index in [4.69, 9.17) is 4.74 Å². The van der Waals surface area contributed by atoms with Crippen molar-refractivity contribution in [3.8, 4) is 0 Å². The first-order chi connectivity index (χ1) is 14.2. The van der Waals surface area contributed by atoms with Crippen LogP contribution in [0.3, 0.4) is 0 Å². The van der Waals surface area contributed by atoms with Gasteiger partial charge in [-0.05, 0) is 76.3 Å². The number of hydrogen-bond donors (Lipinski definition) is 1. The van der Waals surface area contributed by atoms with Crippen LogP contribution in [0.1, 0.15) is 75.9 Å². The van der Waals surface area contributed by atoms with Gasteiger partial charge in [0.2, 0.25) is 0 Å². The molecule has 2 rings (SSSR count). The van der Waals surface area contributed by atoms with E-state index in [1.807, 2.05) is 58.1 Å². The Labute approximate surface area is 181 Å². The number of carbonyl (C=O) groups is 2. The Morgan fingerprint density at radius 1 is 1.20 bits per heavy atom. The van der Waals surface area contributed by atoms with E-state index in [0.29, 0.717) is 13.0 Å². The molecule has 0 heterocycles. The fourth-order valence-electron chi connectivity index (χ4n) is 3.19. The van der Waals surface area contributed by atoms with E-state index in [0.717, 1.165) is 40.8 Å². The third kappa shape index (κ3) is 6.45. The number of aryl methyl sites for hydroxylation is 1. The first-order valence-electron chi connectivity index (χ1n) is 10.8. The Hall–Kier alpha value is -2.62. The molecule has 4 heteroatoms. The van der Waals surface area contributed by atoms with Crippen molar-refractivity contribution in [3.63, 3.8) is 0 Å². The van der Waals surface area contributed by atoms with E-state index < -0.39 is 5.60 Å². The summed E-state index contributed by atoms with van der Waals surface area (Å²) in [6.45, 7) is 12.0. The maximum absolute atomic E-state index is 12.5. The van der Waals surface area contributed by atoms with E-state index in [1.54, 1.807) is 6.92 Å². The van der Waals surface area contributed by atoms with Crippen molar-refractivity contribution in [2.24, 2.45) is 5.92 Å². The van der Waals surface area contributed by atoms with Crippen LogP contribution in [0.5, 0.6) is 0 Å². The molecule has 1 unspecified atom stereocenters. The molecule has 1 aliphatic carbocycles. The van der Waals surface area contributed by atoms with Gasteiger partial charge in [-0.15, -0.1) is 0 Å². The molecule has 4 nitrogen and oxygen atoms in total. The summed E-state index contributed by atoms with van der Waals surface area (Å²) >= 11 is 0. The Kier molecular flexibility index (Phi) is 8.22. The highest BCUT2D eigenvalue weighted by molar-refractivity contribution is 5.95. The quantitative estimate of drug-likeness (QED) is 0.421. The predicted molar refractivity (Wildman–Crippen MR) is 122 cm³/mol. The molecule has 0 radical (unpaired) electrons. The molecule has 0 saturated heterocycles. The van der Waals surface area contributed by atoms with Gasteiger partial charge in [-0.2, -0.15) is 0 Å². The van der Waals surface area contributed by atoms with E-state index in [-0.39, 0.29) is 17.7 Å². The molecule has 1 aromatic rings. The largest absolute Gasteiger partial charge is 0.459 e. The predicted octanol–water partition coefficient (Wildman–Crippen LogP) is 5.68. The fourth-order valence-corrected chi connectivity index (χ4v) is 3.19. The van der Waals surface area contributed by atoms with Gasteiger partial charge in [0, 0.05) is 17.8 Å². The molecule has 0 fully saturated rings. The van der Waals surface area contributed by atoms with E-state index in [9.17, 15) is 9.59 Å². The SMILES string of the molecule is CCc1ccc(CNC2=CC=C(C(C)C(=O)OC(C)(C)CC)CC=C2)c(C(C)=O)c1. The average Bonchev–Trinajstić information content (AvgIpc) is 2.96. The Morgan fingerprint density at radius 2 is 1.93 bits per heavy atom. The minimum atomic E-state index is -0.448. The van der Waals surface area contributed by atoms with Crippen LogP contribution in [0, 0.1) is 5.92 Å². The molecule has 162 valence electrons. The van der Waals surface area contributed by atoms with Crippen molar-refractivity contribution < 1.29 is 14.3 Å². The van der Waals surface area contributed by atoms with Crippen LogP contribution in [-0.4, -0.2) is 17.4 Å². The fraction of sp³-hybridized carbons (Fsp3) is 0.462. The minimum Gasteiger partial charge on any atom is -0.459 e. The van der Waals surface area contributed by atoms with Crippen molar-refractivity contribution >= 4 is 11.8 Å². The molecular weight excluding hydrogens is 374 g/mol. The van der Waals surface area contributed by atoms with Gasteiger partial charge in [-0.25, -0.2) is 0 Å². The topological polar surface area (TPSA) is 55.4 Å². The zero-order chi connectivity index (χ0) is 22.3. The van der Waals surface area contributed by atoms with Crippen LogP contribution < -0.4 is 5.32 Å². The summed E-state index contributed by atoms with van der Waals surface area (Å²) in [6, 6.07) is 6.09. The van der Waals surface area contributed by atoms with Crippen LogP contribution in [-0.2, 0) is 22.5 Å². The number of rotatable bonds is 9. The molecule has 0 bridgehead atoms. The van der Waals surface area contributed by atoms with Gasteiger partial charge in [0.15, 0.2) is 5.78 Å². The lowest BCUT2D eigenvalue weighted by molar-refractivity contribution is -0.159. The highest BCUT2D eigenvalue weighted by Gasteiger charge is 2.26. The van der Waals surface area contributed by atoms with Crippen molar-refractivity contribution in [1.29, 1.82) is 0 Å². The third-order valence-electron chi connectivity index (χ3n) is 5.71. The number of ether oxygens (including phenoxy) is 1. The molecule has 1 aliphatic rings. The molecule has 30 heavy (non-hydrogen) atoms. The Bertz CT molecular complexity index is 874. The number of esters is 1. The first-order valence-corrected chi connectivity index (χ1v) is 10.8. The highest BCUT2D eigenvalue weighted by atomic mass is 16.6. The van der Waals surface area contributed by atoms with Gasteiger partial charge in [0.1, 0.15) is 5.60 Å². The summed E-state index contributed by atoms with van der Waals surface area (Å²) in [5.41, 5.74) is 4.45. The maximum Gasteiger partial charge on any atom is 0.313 e. The lowest BCUT2D eigenvalue weighted by Crippen LogP contribution is -2.30. The number of carbonyl (C=O) groups excluding carboxylic acids is 2. The molecule has 0 amide bonds. The second-order valence-electron chi connectivity index (χ2n) is 8.48. The zero-order valence-corrected chi connectivity index (χ0v) is 19.2. The molecular formula is C26H35NO3. The molecule has 1 atom stereocenters. The first kappa shape index (κ1) is 23.7. The van der Waals surface area contributed by atoms with E-state index in [2.05, 4.69) is 24.4 Å². The summed E-state index contributed by atoms with van der Waals surface area (Å²) in [5, 5.41) is 3.41. The van der Waals surface area contributed by atoms with Crippen LogP contribution in [0.4, 0.5) is 0 Å². The number of Topliss-reactive ketones (excluding diaryl/α,β-unsaturated/α-hetero) is 1. The van der Waals surface area contributed by atoms with Gasteiger partial charge in [-0.1, -0.05) is 43.7 Å². The molecule has 1 N–H and O–H groups in total. The summed E-state index contributed by atoms with van der Waals surface area (Å²) in [6.07, 6.45) is 10.4. The number of hydrogen-bond acceptors (Lipinski definition) is 4. The third-order valence-corrected chi connectivity index (χ3v) is 5.71. The standard InChI is InChI=1S/C26H35NO3/c1-7-20-12-13-22(24(16-20)19(4)28)17-27-23-11-9-10-21(14-15-23)18(3)25(29)30-26(5,6)8-2/h9,11-16,18,27H,7-8,10,17H2,1-6H3. The number of ketones is 1. The van der Waals surface area contributed by atoms with Crippen molar-refractivity contribution in [1.82, 2.24) is 5.32 Å². The highest BCUT2D eigenvalue weighted by Crippen LogP contribution is 2.24.